The van der Waals surface area contributed by atoms with E-state index in [4.69, 9.17) is 0 Å². The summed E-state index contributed by atoms with van der Waals surface area (Å²) in [6, 6.07) is 11.3. The fourth-order valence-electron chi connectivity index (χ4n) is 1.63. The van der Waals surface area contributed by atoms with Gasteiger partial charge in [-0.25, -0.2) is 4.98 Å². The monoisotopic (exact) mass is 271 g/mol. The predicted molar refractivity (Wildman–Crippen MR) is 75.3 cm³/mol. The summed E-state index contributed by atoms with van der Waals surface area (Å²) in [4.78, 5) is 16.6. The number of thiophene rings is 1. The second kappa shape index (κ2) is 4.84. The van der Waals surface area contributed by atoms with Crippen LogP contribution in [-0.2, 0) is 0 Å². The van der Waals surface area contributed by atoms with E-state index in [2.05, 4.69) is 4.98 Å². The van der Waals surface area contributed by atoms with Crippen molar-refractivity contribution in [3.63, 3.8) is 0 Å². The molecule has 0 bridgehead atoms. The van der Waals surface area contributed by atoms with Gasteiger partial charge >= 0.3 is 0 Å². The Balaban J connectivity index is 1.93. The number of ketones is 1. The topological polar surface area (TPSA) is 30.0 Å². The molecule has 3 aromatic rings. The van der Waals surface area contributed by atoms with E-state index in [9.17, 15) is 4.79 Å². The van der Waals surface area contributed by atoms with E-state index in [1.165, 1.54) is 11.3 Å². The molecule has 0 spiro atoms. The molecule has 2 aromatic heterocycles. The van der Waals surface area contributed by atoms with Gasteiger partial charge in [-0.3, -0.25) is 4.79 Å². The molecule has 0 radical (unpaired) electrons. The molecule has 0 atom stereocenters. The van der Waals surface area contributed by atoms with Crippen molar-refractivity contribution in [1.82, 2.24) is 4.98 Å². The number of nitrogens with zero attached hydrogens (tertiary/aromatic N) is 1. The zero-order chi connectivity index (χ0) is 12.4. The van der Waals surface area contributed by atoms with Crippen molar-refractivity contribution >= 4 is 28.5 Å². The summed E-state index contributed by atoms with van der Waals surface area (Å²) in [5.41, 5.74) is 2.63. The van der Waals surface area contributed by atoms with Gasteiger partial charge in [0.15, 0.2) is 5.01 Å². The summed E-state index contributed by atoms with van der Waals surface area (Å²) >= 11 is 3.02. The molecule has 2 nitrogen and oxygen atoms in total. The molecule has 0 aliphatic carbocycles. The predicted octanol–water partition coefficient (Wildman–Crippen LogP) is 4.10. The summed E-state index contributed by atoms with van der Waals surface area (Å²) < 4.78 is 0. The lowest BCUT2D eigenvalue weighted by atomic mass is 10.1. The average Bonchev–Trinajstić information content (AvgIpc) is 3.09. The number of carbonyl (C=O) groups is 1. The van der Waals surface area contributed by atoms with Crippen LogP contribution in [0, 0.1) is 0 Å². The molecule has 0 unspecified atom stereocenters. The van der Waals surface area contributed by atoms with Crippen LogP contribution >= 0.6 is 22.7 Å². The molecule has 0 N–H and O–H groups in total. The van der Waals surface area contributed by atoms with E-state index < -0.39 is 0 Å². The fourth-order valence-corrected chi connectivity index (χ4v) is 3.07. The second-order valence-electron chi connectivity index (χ2n) is 3.75. The number of aromatic nitrogens is 1. The molecule has 0 amide bonds. The smallest absolute Gasteiger partial charge is 0.221 e. The molecule has 1 aromatic carbocycles. The van der Waals surface area contributed by atoms with Crippen molar-refractivity contribution in [1.29, 1.82) is 0 Å². The number of hydrogen-bond acceptors (Lipinski definition) is 4. The van der Waals surface area contributed by atoms with Crippen LogP contribution < -0.4 is 0 Å². The van der Waals surface area contributed by atoms with E-state index in [-0.39, 0.29) is 5.78 Å². The van der Waals surface area contributed by atoms with Crippen molar-refractivity contribution in [2.45, 2.75) is 0 Å². The van der Waals surface area contributed by atoms with E-state index in [0.717, 1.165) is 11.3 Å². The SMILES string of the molecule is O=C(c1ccccc1)c1nc(-c2ccsc2)cs1. The largest absolute Gasteiger partial charge is 0.286 e. The van der Waals surface area contributed by atoms with Crippen LogP contribution in [0.4, 0.5) is 0 Å². The Morgan fingerprint density at radius 2 is 1.89 bits per heavy atom. The van der Waals surface area contributed by atoms with Crippen molar-refractivity contribution in [2.24, 2.45) is 0 Å². The molecule has 3 rings (SSSR count). The molecule has 0 saturated heterocycles. The van der Waals surface area contributed by atoms with Crippen LogP contribution in [0.1, 0.15) is 15.4 Å². The highest BCUT2D eigenvalue weighted by atomic mass is 32.1. The van der Waals surface area contributed by atoms with Crippen molar-refractivity contribution in [3.8, 4) is 11.3 Å². The van der Waals surface area contributed by atoms with Crippen LogP contribution in [0.3, 0.4) is 0 Å². The number of rotatable bonds is 3. The Kier molecular flexibility index (Phi) is 3.04. The third-order valence-electron chi connectivity index (χ3n) is 2.55. The number of thiazole rings is 1. The lowest BCUT2D eigenvalue weighted by Crippen LogP contribution is -1.99. The Morgan fingerprint density at radius 1 is 1.06 bits per heavy atom. The normalized spacial score (nSPS) is 10.4. The quantitative estimate of drug-likeness (QED) is 0.671. The highest BCUT2D eigenvalue weighted by Gasteiger charge is 2.13. The Hall–Kier alpha value is -1.78. The van der Waals surface area contributed by atoms with Crippen molar-refractivity contribution in [3.05, 3.63) is 63.1 Å². The first-order valence-corrected chi connectivity index (χ1v) is 7.25. The first-order chi connectivity index (χ1) is 8.84. The zero-order valence-corrected chi connectivity index (χ0v) is 11.0. The van der Waals surface area contributed by atoms with Crippen molar-refractivity contribution < 1.29 is 4.79 Å². The molecule has 0 aliphatic rings. The van der Waals surface area contributed by atoms with Gasteiger partial charge in [0.05, 0.1) is 5.69 Å². The van der Waals surface area contributed by atoms with E-state index in [0.29, 0.717) is 10.6 Å². The standard InChI is InChI=1S/C14H9NOS2/c16-13(10-4-2-1-3-5-10)14-15-12(9-18-14)11-6-7-17-8-11/h1-9H. The Bertz CT molecular complexity index is 656. The highest BCUT2D eigenvalue weighted by Crippen LogP contribution is 2.25. The molecule has 88 valence electrons. The third-order valence-corrected chi connectivity index (χ3v) is 4.08. The molecule has 0 saturated carbocycles. The van der Waals surface area contributed by atoms with Gasteiger partial charge in [0.25, 0.3) is 0 Å². The van der Waals surface area contributed by atoms with Gasteiger partial charge in [0.2, 0.25) is 5.78 Å². The minimum atomic E-state index is -0.0120. The molecular formula is C14H9NOS2. The van der Waals surface area contributed by atoms with Gasteiger partial charge in [-0.15, -0.1) is 11.3 Å². The first-order valence-electron chi connectivity index (χ1n) is 5.42. The summed E-state index contributed by atoms with van der Waals surface area (Å²) in [7, 11) is 0. The van der Waals surface area contributed by atoms with Gasteiger partial charge in [0.1, 0.15) is 0 Å². The molecular weight excluding hydrogens is 262 g/mol. The maximum absolute atomic E-state index is 12.2. The van der Waals surface area contributed by atoms with Crippen LogP contribution in [0.15, 0.2) is 52.5 Å². The first kappa shape index (κ1) is 11.3. The minimum absolute atomic E-state index is 0.0120. The zero-order valence-electron chi connectivity index (χ0n) is 9.37. The van der Waals surface area contributed by atoms with E-state index in [1.807, 2.05) is 52.5 Å². The lowest BCUT2D eigenvalue weighted by Gasteiger charge is -1.95. The van der Waals surface area contributed by atoms with Gasteiger partial charge in [0, 0.05) is 21.9 Å². The summed E-state index contributed by atoms with van der Waals surface area (Å²) in [6.07, 6.45) is 0. The van der Waals surface area contributed by atoms with Gasteiger partial charge in [-0.2, -0.15) is 11.3 Å². The van der Waals surface area contributed by atoms with Gasteiger partial charge < -0.3 is 0 Å². The average molecular weight is 271 g/mol. The van der Waals surface area contributed by atoms with Gasteiger partial charge in [-0.05, 0) is 11.4 Å². The van der Waals surface area contributed by atoms with Crippen LogP contribution in [0.2, 0.25) is 0 Å². The Labute approximate surface area is 113 Å². The van der Waals surface area contributed by atoms with Gasteiger partial charge in [-0.1, -0.05) is 30.3 Å². The van der Waals surface area contributed by atoms with Crippen molar-refractivity contribution in [2.75, 3.05) is 0 Å². The fraction of sp³-hybridized carbons (Fsp3) is 0. The maximum Gasteiger partial charge on any atom is 0.221 e. The highest BCUT2D eigenvalue weighted by molar-refractivity contribution is 7.12. The molecule has 4 heteroatoms. The summed E-state index contributed by atoms with van der Waals surface area (Å²) in [5, 5.41) is 6.51. The molecule has 0 fully saturated rings. The van der Waals surface area contributed by atoms with Crippen LogP contribution in [-0.4, -0.2) is 10.8 Å². The van der Waals surface area contributed by atoms with Crippen LogP contribution in [0.25, 0.3) is 11.3 Å². The summed E-state index contributed by atoms with van der Waals surface area (Å²) in [6.45, 7) is 0. The lowest BCUT2D eigenvalue weighted by molar-refractivity contribution is 0.103. The minimum Gasteiger partial charge on any atom is -0.286 e. The second-order valence-corrected chi connectivity index (χ2v) is 5.38. The van der Waals surface area contributed by atoms with E-state index in [1.54, 1.807) is 11.3 Å². The Morgan fingerprint density at radius 3 is 2.61 bits per heavy atom. The molecule has 18 heavy (non-hydrogen) atoms. The number of carbonyl (C=O) groups excluding carboxylic acids is 1. The van der Waals surface area contributed by atoms with E-state index >= 15 is 0 Å². The summed E-state index contributed by atoms with van der Waals surface area (Å²) in [5.74, 6) is -0.0120. The molecule has 0 aliphatic heterocycles. The number of hydrogen-bond donors (Lipinski definition) is 0. The number of benzene rings is 1. The van der Waals surface area contributed by atoms with Crippen LogP contribution in [0.5, 0.6) is 0 Å². The maximum atomic E-state index is 12.2. The third kappa shape index (κ3) is 2.12. The molecule has 2 heterocycles.